The molecule has 188 valence electrons. The monoisotopic (exact) mass is 471 g/mol. The number of benzene rings is 1. The zero-order chi connectivity index (χ0) is 25.9. The van der Waals surface area contributed by atoms with Crippen LogP contribution in [0.3, 0.4) is 0 Å². The zero-order valence-corrected chi connectivity index (χ0v) is 21.7. The predicted molar refractivity (Wildman–Crippen MR) is 135 cm³/mol. The fourth-order valence-electron chi connectivity index (χ4n) is 3.51. The summed E-state index contributed by atoms with van der Waals surface area (Å²) in [5.74, 6) is 1.74. The second-order valence-corrected chi connectivity index (χ2v) is 9.66. The van der Waals surface area contributed by atoms with Gasteiger partial charge < -0.3 is 20.3 Å². The minimum Gasteiger partial charge on any atom is -0.444 e. The summed E-state index contributed by atoms with van der Waals surface area (Å²) in [5, 5.41) is 5.67. The number of likely N-dealkylation sites (N-methyl/N-ethyl adjacent to an activating group) is 1. The Balaban J connectivity index is 3.27. The third-order valence-corrected chi connectivity index (χ3v) is 5.26. The van der Waals surface area contributed by atoms with Gasteiger partial charge in [-0.3, -0.25) is 9.59 Å². The van der Waals surface area contributed by atoms with E-state index in [-0.39, 0.29) is 24.3 Å². The average molecular weight is 472 g/mol. The van der Waals surface area contributed by atoms with Gasteiger partial charge in [0.15, 0.2) is 0 Å². The van der Waals surface area contributed by atoms with E-state index in [9.17, 15) is 14.4 Å². The lowest BCUT2D eigenvalue weighted by Crippen LogP contribution is -2.54. The summed E-state index contributed by atoms with van der Waals surface area (Å²) in [4.78, 5) is 40.9. The number of unbranched alkanes of at least 4 members (excludes halogenated alkanes) is 2. The van der Waals surface area contributed by atoms with Gasteiger partial charge in [0.2, 0.25) is 11.8 Å². The van der Waals surface area contributed by atoms with Gasteiger partial charge in [-0.2, -0.15) is 0 Å². The average Bonchev–Trinajstić information content (AvgIpc) is 2.76. The van der Waals surface area contributed by atoms with Crippen molar-refractivity contribution >= 4 is 17.9 Å². The molecule has 7 heteroatoms. The van der Waals surface area contributed by atoms with Crippen molar-refractivity contribution in [1.82, 2.24) is 15.5 Å². The van der Waals surface area contributed by atoms with Crippen LogP contribution in [0.15, 0.2) is 24.3 Å². The molecule has 2 atom stereocenters. The molecule has 0 saturated carbocycles. The van der Waals surface area contributed by atoms with Gasteiger partial charge in [-0.1, -0.05) is 51.7 Å². The fourth-order valence-corrected chi connectivity index (χ4v) is 3.51. The maximum absolute atomic E-state index is 13.7. The molecule has 1 aromatic rings. The second-order valence-electron chi connectivity index (χ2n) is 9.66. The van der Waals surface area contributed by atoms with E-state index in [2.05, 4.69) is 23.5 Å². The van der Waals surface area contributed by atoms with E-state index in [1.807, 2.05) is 20.8 Å². The Morgan fingerprint density at radius 3 is 2.18 bits per heavy atom. The molecule has 1 aromatic carbocycles. The number of terminal acetylenes is 1. The summed E-state index contributed by atoms with van der Waals surface area (Å²) in [7, 11) is 0. The van der Waals surface area contributed by atoms with Gasteiger partial charge in [0.25, 0.3) is 0 Å². The summed E-state index contributed by atoms with van der Waals surface area (Å²) < 4.78 is 5.36. The van der Waals surface area contributed by atoms with E-state index in [1.165, 1.54) is 4.90 Å². The Morgan fingerprint density at radius 2 is 1.71 bits per heavy atom. The van der Waals surface area contributed by atoms with E-state index in [4.69, 9.17) is 11.2 Å². The largest absolute Gasteiger partial charge is 0.444 e. The van der Waals surface area contributed by atoms with Crippen LogP contribution in [0.1, 0.15) is 84.9 Å². The van der Waals surface area contributed by atoms with Crippen molar-refractivity contribution in [3.8, 4) is 12.3 Å². The molecule has 0 bridgehead atoms. The lowest BCUT2D eigenvalue weighted by Gasteiger charge is -2.35. The maximum atomic E-state index is 13.7. The summed E-state index contributed by atoms with van der Waals surface area (Å²) in [5.41, 5.74) is 0.646. The van der Waals surface area contributed by atoms with Crippen LogP contribution in [0, 0.1) is 18.3 Å². The summed E-state index contributed by atoms with van der Waals surface area (Å²) in [6, 6.07) is 5.34. The SMILES string of the molecule is C#Cc1ccc(C(C(=O)NCCCCC)N(CC)C(=O)C(NC(=O)OC(C)(C)C)C(C)C)cc1. The van der Waals surface area contributed by atoms with Gasteiger partial charge in [0.05, 0.1) is 0 Å². The van der Waals surface area contributed by atoms with E-state index in [0.29, 0.717) is 17.7 Å². The van der Waals surface area contributed by atoms with Crippen molar-refractivity contribution in [2.45, 2.75) is 85.4 Å². The highest BCUT2D eigenvalue weighted by molar-refractivity contribution is 5.92. The maximum Gasteiger partial charge on any atom is 0.408 e. The molecule has 0 spiro atoms. The molecule has 2 unspecified atom stereocenters. The third kappa shape index (κ3) is 9.09. The van der Waals surface area contributed by atoms with Gasteiger partial charge in [0, 0.05) is 18.7 Å². The molecule has 0 aromatic heterocycles. The molecule has 7 nitrogen and oxygen atoms in total. The van der Waals surface area contributed by atoms with Gasteiger partial charge in [0.1, 0.15) is 17.7 Å². The Hall–Kier alpha value is -3.01. The molecular formula is C27H41N3O4. The highest BCUT2D eigenvalue weighted by Gasteiger charge is 2.36. The number of amides is 3. The number of alkyl carbamates (subject to hydrolysis) is 1. The van der Waals surface area contributed by atoms with Crippen molar-refractivity contribution < 1.29 is 19.1 Å². The van der Waals surface area contributed by atoms with E-state index >= 15 is 0 Å². The molecule has 2 N–H and O–H groups in total. The summed E-state index contributed by atoms with van der Waals surface area (Å²) >= 11 is 0. The number of hydrogen-bond donors (Lipinski definition) is 2. The first kappa shape index (κ1) is 29.0. The number of carbonyl (C=O) groups excluding carboxylic acids is 3. The number of nitrogens with zero attached hydrogens (tertiary/aromatic N) is 1. The van der Waals surface area contributed by atoms with Crippen molar-refractivity contribution in [3.63, 3.8) is 0 Å². The Morgan fingerprint density at radius 1 is 1.09 bits per heavy atom. The molecule has 0 aliphatic rings. The number of hydrogen-bond acceptors (Lipinski definition) is 4. The van der Waals surface area contributed by atoms with E-state index < -0.39 is 23.8 Å². The van der Waals surface area contributed by atoms with Gasteiger partial charge in [-0.05, 0) is 57.7 Å². The lowest BCUT2D eigenvalue weighted by atomic mass is 9.98. The zero-order valence-electron chi connectivity index (χ0n) is 21.7. The highest BCUT2D eigenvalue weighted by atomic mass is 16.6. The molecule has 0 aliphatic carbocycles. The first-order valence-corrected chi connectivity index (χ1v) is 12.1. The van der Waals surface area contributed by atoms with Crippen LogP contribution in [0.2, 0.25) is 0 Å². The topological polar surface area (TPSA) is 87.7 Å². The number of carbonyl (C=O) groups is 3. The molecule has 0 fully saturated rings. The van der Waals surface area contributed by atoms with Gasteiger partial charge >= 0.3 is 6.09 Å². The Bertz CT molecular complexity index is 850. The van der Waals surface area contributed by atoms with Crippen LogP contribution in [0.5, 0.6) is 0 Å². The van der Waals surface area contributed by atoms with E-state index in [0.717, 1.165) is 19.3 Å². The van der Waals surface area contributed by atoms with Crippen LogP contribution in [-0.2, 0) is 14.3 Å². The number of nitrogens with one attached hydrogen (secondary N) is 2. The summed E-state index contributed by atoms with van der Waals surface area (Å²) in [6.07, 6.45) is 7.72. The van der Waals surface area contributed by atoms with E-state index in [1.54, 1.807) is 45.0 Å². The molecule has 34 heavy (non-hydrogen) atoms. The minimum absolute atomic E-state index is 0.217. The molecule has 0 radical (unpaired) electrons. The van der Waals surface area contributed by atoms with Crippen molar-refractivity contribution in [2.24, 2.45) is 5.92 Å². The second kappa shape index (κ2) is 13.6. The van der Waals surface area contributed by atoms with Crippen molar-refractivity contribution in [2.75, 3.05) is 13.1 Å². The number of ether oxygens (including phenoxy) is 1. The minimum atomic E-state index is -0.854. The van der Waals surface area contributed by atoms with Crippen LogP contribution in [0.25, 0.3) is 0 Å². The van der Waals surface area contributed by atoms with Crippen LogP contribution < -0.4 is 10.6 Å². The van der Waals surface area contributed by atoms with Gasteiger partial charge in [-0.15, -0.1) is 6.42 Å². The smallest absolute Gasteiger partial charge is 0.408 e. The third-order valence-electron chi connectivity index (χ3n) is 5.26. The first-order valence-electron chi connectivity index (χ1n) is 12.1. The van der Waals surface area contributed by atoms with Crippen LogP contribution in [-0.4, -0.2) is 47.5 Å². The Kier molecular flexibility index (Phi) is 11.6. The van der Waals surface area contributed by atoms with Gasteiger partial charge in [-0.25, -0.2) is 4.79 Å². The lowest BCUT2D eigenvalue weighted by molar-refractivity contribution is -0.143. The molecule has 0 aliphatic heterocycles. The van der Waals surface area contributed by atoms with Crippen molar-refractivity contribution in [3.05, 3.63) is 35.4 Å². The van der Waals surface area contributed by atoms with Crippen molar-refractivity contribution in [1.29, 1.82) is 0 Å². The standard InChI is InChI=1S/C27H41N3O4/c1-9-12-13-18-28-24(31)23(21-16-14-20(10-2)15-17-21)30(11-3)25(32)22(19(4)5)29-26(33)34-27(6,7)8/h2,14-17,19,22-23H,9,11-13,18H2,1,3-8H3,(H,28,31)(H,29,33). The molecule has 0 heterocycles. The molecular weight excluding hydrogens is 430 g/mol. The molecule has 3 amide bonds. The number of rotatable bonds is 11. The molecule has 0 saturated heterocycles. The Labute approximate surface area is 205 Å². The fraction of sp³-hybridized carbons (Fsp3) is 0.593. The normalized spacial score (nSPS) is 12.9. The predicted octanol–water partition coefficient (Wildman–Crippen LogP) is 4.41. The highest BCUT2D eigenvalue weighted by Crippen LogP contribution is 2.24. The summed E-state index contributed by atoms with van der Waals surface area (Å²) in [6.45, 7) is 13.7. The first-order chi connectivity index (χ1) is 15.9. The molecule has 1 rings (SSSR count). The quantitative estimate of drug-likeness (QED) is 0.370. The van der Waals surface area contributed by atoms with Crippen LogP contribution in [0.4, 0.5) is 4.79 Å². The van der Waals surface area contributed by atoms with Crippen LogP contribution >= 0.6 is 0 Å².